The average molecular weight is 435 g/mol. The Kier molecular flexibility index (Phi) is 23.3. The fourth-order valence-corrected chi connectivity index (χ4v) is 4.09. The molecule has 0 atom stereocenters. The molecule has 0 saturated carbocycles. The molecule has 0 aromatic heterocycles. The van der Waals surface area contributed by atoms with Crippen LogP contribution in [0.4, 0.5) is 0 Å². The summed E-state index contributed by atoms with van der Waals surface area (Å²) in [5.41, 5.74) is -1.80. The van der Waals surface area contributed by atoms with Gasteiger partial charge in [0.1, 0.15) is 0 Å². The number of hydrogen-bond donors (Lipinski definition) is 0. The number of carbonyl (C=O) groups excluding carboxylic acids is 2. The molecular formula is C25H46MgO4. The van der Waals surface area contributed by atoms with Crippen molar-refractivity contribution in [2.45, 2.75) is 142 Å². The second-order valence-corrected chi connectivity index (χ2v) is 8.81. The van der Waals surface area contributed by atoms with Gasteiger partial charge >= 0.3 is 23.1 Å². The standard InChI is InChI=1S/C25H48O4.Mg/c1-3-5-7-9-11-13-15-17-19-21-25(23(26)27,24(28)29)22-20-18-16-14-12-10-8-6-4-2;/h3-22H2,1-2H3,(H,26,27)(H,28,29);/q;+2/p-2. The Hall–Kier alpha value is -0.294. The summed E-state index contributed by atoms with van der Waals surface area (Å²) in [6.07, 6.45) is 20.2. The van der Waals surface area contributed by atoms with Gasteiger partial charge in [0.25, 0.3) is 0 Å². The van der Waals surface area contributed by atoms with Crippen molar-refractivity contribution < 1.29 is 19.8 Å². The quantitative estimate of drug-likeness (QED) is 0.137. The van der Waals surface area contributed by atoms with E-state index in [1.54, 1.807) is 0 Å². The van der Waals surface area contributed by atoms with Crippen molar-refractivity contribution in [3.63, 3.8) is 0 Å². The Labute approximate surface area is 202 Å². The molecule has 0 aromatic carbocycles. The van der Waals surface area contributed by atoms with Crippen LogP contribution >= 0.6 is 0 Å². The predicted octanol–water partition coefficient (Wildman–Crippen LogP) is 4.93. The van der Waals surface area contributed by atoms with Crippen LogP contribution in [0.25, 0.3) is 0 Å². The topological polar surface area (TPSA) is 80.3 Å². The number of carboxylic acids is 2. The molecule has 4 nitrogen and oxygen atoms in total. The molecule has 0 aliphatic rings. The molecule has 5 heteroatoms. The Bertz CT molecular complexity index is 374. The molecule has 0 N–H and O–H groups in total. The van der Waals surface area contributed by atoms with Gasteiger partial charge in [0.2, 0.25) is 0 Å². The Morgan fingerprint density at radius 3 is 0.967 bits per heavy atom. The molecule has 0 aliphatic carbocycles. The largest absolute Gasteiger partial charge is 2.00 e. The van der Waals surface area contributed by atoms with Crippen LogP contribution in [0.1, 0.15) is 142 Å². The third-order valence-electron chi connectivity index (χ3n) is 6.20. The number of aliphatic carboxylic acids is 2. The molecule has 0 rings (SSSR count). The van der Waals surface area contributed by atoms with Crippen molar-refractivity contribution >= 4 is 35.0 Å². The molecule has 0 saturated heterocycles. The van der Waals surface area contributed by atoms with E-state index in [9.17, 15) is 19.8 Å². The molecule has 0 unspecified atom stereocenters. The maximum atomic E-state index is 11.7. The summed E-state index contributed by atoms with van der Waals surface area (Å²) in [4.78, 5) is 23.3. The Morgan fingerprint density at radius 2 is 0.733 bits per heavy atom. The first-order valence-electron chi connectivity index (χ1n) is 12.4. The summed E-state index contributed by atoms with van der Waals surface area (Å²) in [5.74, 6) is -2.92. The van der Waals surface area contributed by atoms with Crippen molar-refractivity contribution in [3.05, 3.63) is 0 Å². The van der Waals surface area contributed by atoms with Gasteiger partial charge in [-0.3, -0.25) is 0 Å². The zero-order chi connectivity index (χ0) is 21.8. The molecule has 30 heavy (non-hydrogen) atoms. The van der Waals surface area contributed by atoms with Crippen LogP contribution in [0.3, 0.4) is 0 Å². The molecule has 0 radical (unpaired) electrons. The number of carboxylic acid groups (broad SMARTS) is 2. The smallest absolute Gasteiger partial charge is 0.549 e. The maximum absolute atomic E-state index is 11.7. The van der Waals surface area contributed by atoms with Crippen LogP contribution in [0.15, 0.2) is 0 Å². The third-order valence-corrected chi connectivity index (χ3v) is 6.20. The van der Waals surface area contributed by atoms with E-state index in [0.29, 0.717) is 12.8 Å². The van der Waals surface area contributed by atoms with Crippen LogP contribution in [0, 0.1) is 5.41 Å². The van der Waals surface area contributed by atoms with Crippen LogP contribution < -0.4 is 10.2 Å². The maximum Gasteiger partial charge on any atom is 2.00 e. The second kappa shape index (κ2) is 21.9. The van der Waals surface area contributed by atoms with Crippen LogP contribution in [0.5, 0.6) is 0 Å². The average Bonchev–Trinajstić information content (AvgIpc) is 2.69. The van der Waals surface area contributed by atoms with Gasteiger partial charge in [-0.15, -0.1) is 0 Å². The number of hydrogen-bond acceptors (Lipinski definition) is 4. The summed E-state index contributed by atoms with van der Waals surface area (Å²) in [6, 6.07) is 0. The summed E-state index contributed by atoms with van der Waals surface area (Å²) in [7, 11) is 0. The Balaban J connectivity index is 0. The zero-order valence-corrected chi connectivity index (χ0v) is 21.4. The zero-order valence-electron chi connectivity index (χ0n) is 20.0. The predicted molar refractivity (Wildman–Crippen MR) is 122 cm³/mol. The fourth-order valence-electron chi connectivity index (χ4n) is 4.09. The first-order chi connectivity index (χ1) is 14.0. The van der Waals surface area contributed by atoms with Crippen LogP contribution in [0.2, 0.25) is 0 Å². The molecule has 0 amide bonds. The van der Waals surface area contributed by atoms with Gasteiger partial charge in [-0.25, -0.2) is 0 Å². The van der Waals surface area contributed by atoms with Gasteiger partial charge in [0.05, 0.1) is 11.9 Å². The molecule has 172 valence electrons. The van der Waals surface area contributed by atoms with Crippen molar-refractivity contribution in [2.24, 2.45) is 5.41 Å². The van der Waals surface area contributed by atoms with Gasteiger partial charge in [-0.05, 0) is 12.8 Å². The normalized spacial score (nSPS) is 11.3. The first kappa shape index (κ1) is 31.9. The van der Waals surface area contributed by atoms with Crippen molar-refractivity contribution in [1.82, 2.24) is 0 Å². The summed E-state index contributed by atoms with van der Waals surface area (Å²) < 4.78 is 0. The van der Waals surface area contributed by atoms with E-state index in [1.165, 1.54) is 64.2 Å². The van der Waals surface area contributed by atoms with E-state index in [4.69, 9.17) is 0 Å². The van der Waals surface area contributed by atoms with Crippen molar-refractivity contribution in [2.75, 3.05) is 0 Å². The van der Waals surface area contributed by atoms with E-state index in [2.05, 4.69) is 13.8 Å². The number of rotatable bonds is 22. The monoisotopic (exact) mass is 434 g/mol. The van der Waals surface area contributed by atoms with Crippen molar-refractivity contribution in [3.8, 4) is 0 Å². The SMILES string of the molecule is CCCCCCCCCCCC(CCCCCCCCCCC)(C(=O)[O-])C(=O)[O-].[Mg+2]. The van der Waals surface area contributed by atoms with E-state index >= 15 is 0 Å². The first-order valence-corrected chi connectivity index (χ1v) is 12.4. The third kappa shape index (κ3) is 15.5. The van der Waals surface area contributed by atoms with Crippen LogP contribution in [-0.2, 0) is 9.59 Å². The fraction of sp³-hybridized carbons (Fsp3) is 0.920. The van der Waals surface area contributed by atoms with Gasteiger partial charge in [-0.2, -0.15) is 0 Å². The minimum atomic E-state index is -1.80. The van der Waals surface area contributed by atoms with Gasteiger partial charge in [-0.1, -0.05) is 129 Å². The second-order valence-electron chi connectivity index (χ2n) is 8.81. The molecule has 0 aromatic rings. The molecule has 0 fully saturated rings. The minimum absolute atomic E-state index is 0. The van der Waals surface area contributed by atoms with E-state index < -0.39 is 17.4 Å². The van der Waals surface area contributed by atoms with E-state index in [-0.39, 0.29) is 35.9 Å². The van der Waals surface area contributed by atoms with Gasteiger partial charge < -0.3 is 19.8 Å². The number of carbonyl (C=O) groups is 2. The molecule has 0 heterocycles. The summed E-state index contributed by atoms with van der Waals surface area (Å²) in [6.45, 7) is 4.41. The summed E-state index contributed by atoms with van der Waals surface area (Å²) in [5, 5.41) is 23.3. The molecule has 0 aliphatic heterocycles. The molecular weight excluding hydrogens is 389 g/mol. The van der Waals surface area contributed by atoms with E-state index in [0.717, 1.165) is 38.5 Å². The Morgan fingerprint density at radius 1 is 0.500 bits per heavy atom. The minimum Gasteiger partial charge on any atom is -0.549 e. The van der Waals surface area contributed by atoms with E-state index in [1.807, 2.05) is 0 Å². The van der Waals surface area contributed by atoms with Gasteiger partial charge in [0.15, 0.2) is 0 Å². The van der Waals surface area contributed by atoms with Crippen molar-refractivity contribution in [1.29, 1.82) is 0 Å². The summed E-state index contributed by atoms with van der Waals surface area (Å²) >= 11 is 0. The molecule has 0 spiro atoms. The number of unbranched alkanes of at least 4 members (excludes halogenated alkanes) is 16. The van der Waals surface area contributed by atoms with Crippen LogP contribution in [-0.4, -0.2) is 35.0 Å². The van der Waals surface area contributed by atoms with Gasteiger partial charge in [0, 0.05) is 5.41 Å². The molecule has 0 bridgehead atoms.